The Balaban J connectivity index is 1.43. The molecule has 1 aliphatic heterocycles. The van der Waals surface area contributed by atoms with Crippen LogP contribution in [0, 0.1) is 5.82 Å². The third-order valence-corrected chi connectivity index (χ3v) is 7.82. The molecule has 0 spiro atoms. The molecular formula is C24H26FN5O3S. The lowest BCUT2D eigenvalue weighted by atomic mass is 9.90. The van der Waals surface area contributed by atoms with E-state index in [4.69, 9.17) is 0 Å². The quantitative estimate of drug-likeness (QED) is 0.612. The molecule has 3 aromatic rings. The lowest BCUT2D eigenvalue weighted by Crippen LogP contribution is -2.46. The summed E-state index contributed by atoms with van der Waals surface area (Å²) < 4.78 is 17.0. The van der Waals surface area contributed by atoms with Gasteiger partial charge in [-0.25, -0.2) is 14.2 Å². The summed E-state index contributed by atoms with van der Waals surface area (Å²) in [5.41, 5.74) is -0.233. The highest BCUT2D eigenvalue weighted by molar-refractivity contribution is 7.99. The minimum absolute atomic E-state index is 0.0568. The third-order valence-electron chi connectivity index (χ3n) is 6.77. The molecule has 2 aliphatic rings. The van der Waals surface area contributed by atoms with Crippen molar-refractivity contribution in [2.24, 2.45) is 0 Å². The van der Waals surface area contributed by atoms with Gasteiger partial charge in [0.15, 0.2) is 0 Å². The van der Waals surface area contributed by atoms with E-state index in [1.54, 1.807) is 29.0 Å². The lowest BCUT2D eigenvalue weighted by molar-refractivity contribution is 0.0916. The maximum Gasteiger partial charge on any atom is 0.333 e. The van der Waals surface area contributed by atoms with Crippen LogP contribution in [-0.4, -0.2) is 42.6 Å². The molecule has 34 heavy (non-hydrogen) atoms. The molecule has 8 nitrogen and oxygen atoms in total. The van der Waals surface area contributed by atoms with Crippen molar-refractivity contribution in [3.63, 3.8) is 0 Å². The highest BCUT2D eigenvalue weighted by Gasteiger charge is 2.29. The normalized spacial score (nSPS) is 21.4. The highest BCUT2D eigenvalue weighted by atomic mass is 32.2. The Morgan fingerprint density at radius 2 is 1.74 bits per heavy atom. The average molecular weight is 484 g/mol. The van der Waals surface area contributed by atoms with Crippen molar-refractivity contribution in [1.29, 1.82) is 0 Å². The van der Waals surface area contributed by atoms with Crippen LogP contribution in [0.15, 0.2) is 46.2 Å². The molecule has 1 N–H and O–H groups in total. The van der Waals surface area contributed by atoms with Crippen LogP contribution < -0.4 is 16.6 Å². The number of hydrogen-bond donors (Lipinski definition) is 1. The van der Waals surface area contributed by atoms with Gasteiger partial charge in [0.2, 0.25) is 0 Å². The predicted molar refractivity (Wildman–Crippen MR) is 129 cm³/mol. The number of nitrogens with one attached hydrogen (secondary N) is 1. The molecule has 3 aromatic heterocycles. The number of amides is 1. The van der Waals surface area contributed by atoms with Gasteiger partial charge in [0.05, 0.1) is 11.6 Å². The van der Waals surface area contributed by atoms with Gasteiger partial charge >= 0.3 is 5.69 Å². The van der Waals surface area contributed by atoms with Gasteiger partial charge in [-0.05, 0) is 68.2 Å². The number of nitrogens with zero attached hydrogens (tertiary/aromatic N) is 4. The van der Waals surface area contributed by atoms with Crippen molar-refractivity contribution >= 4 is 28.7 Å². The molecule has 5 rings (SSSR count). The fraction of sp³-hybridized carbons (Fsp3) is 0.458. The molecule has 1 saturated heterocycles. The Hall–Kier alpha value is -3.01. The number of pyridine rings is 2. The number of fused-ring (bicyclic) bond motifs is 1. The molecule has 1 aliphatic carbocycles. The molecule has 2 fully saturated rings. The molecule has 0 radical (unpaired) electrons. The van der Waals surface area contributed by atoms with Gasteiger partial charge in [-0.15, -0.1) is 0 Å². The van der Waals surface area contributed by atoms with E-state index in [0.29, 0.717) is 31.4 Å². The van der Waals surface area contributed by atoms with Crippen LogP contribution in [0.25, 0.3) is 11.0 Å². The first-order chi connectivity index (χ1) is 16.5. The number of halogens is 1. The minimum atomic E-state index is -0.596. The zero-order valence-corrected chi connectivity index (χ0v) is 19.5. The van der Waals surface area contributed by atoms with Gasteiger partial charge in [-0.3, -0.25) is 23.7 Å². The lowest BCUT2D eigenvalue weighted by Gasteiger charge is -2.31. The first kappa shape index (κ1) is 22.8. The van der Waals surface area contributed by atoms with E-state index in [9.17, 15) is 18.8 Å². The maximum absolute atomic E-state index is 14.0. The summed E-state index contributed by atoms with van der Waals surface area (Å²) in [7, 11) is 0. The molecule has 178 valence electrons. The largest absolute Gasteiger partial charge is 0.348 e. The van der Waals surface area contributed by atoms with Crippen molar-refractivity contribution in [2.75, 3.05) is 11.5 Å². The van der Waals surface area contributed by atoms with Crippen LogP contribution in [-0.2, 0) is 0 Å². The number of carbonyl (C=O) groups is 1. The molecule has 0 aromatic carbocycles. The summed E-state index contributed by atoms with van der Waals surface area (Å²) in [5.74, 6) is 1.03. The topological polar surface area (TPSA) is 98.9 Å². The standard InChI is InChI=1S/C24H26FN5O3S/c25-15-13-19-21(27-14-15)29(18-8-11-34-12-9-18)24(33)30(23(19)32)17-6-4-16(5-7-17)28-22(31)20-3-1-2-10-26-20/h1-3,10,13-14,16-18H,4-9,11-12H2,(H,28,31)/t16-,17+. The van der Waals surface area contributed by atoms with Gasteiger partial charge in [0.1, 0.15) is 17.2 Å². The van der Waals surface area contributed by atoms with Crippen LogP contribution in [0.2, 0.25) is 0 Å². The monoisotopic (exact) mass is 483 g/mol. The molecule has 1 amide bonds. The Morgan fingerprint density at radius 3 is 2.44 bits per heavy atom. The van der Waals surface area contributed by atoms with E-state index in [1.807, 2.05) is 11.8 Å². The number of carbonyl (C=O) groups excluding carboxylic acids is 1. The number of rotatable bonds is 4. The van der Waals surface area contributed by atoms with Crippen molar-refractivity contribution in [1.82, 2.24) is 24.4 Å². The van der Waals surface area contributed by atoms with E-state index in [0.717, 1.165) is 30.5 Å². The molecule has 10 heteroatoms. The van der Waals surface area contributed by atoms with Crippen LogP contribution >= 0.6 is 11.8 Å². The van der Waals surface area contributed by atoms with E-state index >= 15 is 0 Å². The summed E-state index contributed by atoms with van der Waals surface area (Å²) in [6.45, 7) is 0. The fourth-order valence-electron chi connectivity index (χ4n) is 5.03. The first-order valence-corrected chi connectivity index (χ1v) is 12.8. The Labute approximate surface area is 199 Å². The Morgan fingerprint density at radius 1 is 1.00 bits per heavy atom. The fourth-order valence-corrected chi connectivity index (χ4v) is 6.12. The summed E-state index contributed by atoms with van der Waals surface area (Å²) in [5, 5.41) is 3.14. The maximum atomic E-state index is 14.0. The first-order valence-electron chi connectivity index (χ1n) is 11.6. The van der Waals surface area contributed by atoms with E-state index in [1.165, 1.54) is 10.6 Å². The van der Waals surface area contributed by atoms with E-state index in [2.05, 4.69) is 15.3 Å². The molecule has 0 unspecified atom stereocenters. The van der Waals surface area contributed by atoms with Gasteiger partial charge < -0.3 is 5.32 Å². The predicted octanol–water partition coefficient (Wildman–Crippen LogP) is 3.07. The molecule has 4 heterocycles. The SMILES string of the molecule is O=C(N[C@H]1CC[C@@H](n2c(=O)c3cc(F)cnc3n(C3CCSCC3)c2=O)CC1)c1ccccn1. The smallest absolute Gasteiger partial charge is 0.333 e. The zero-order valence-electron chi connectivity index (χ0n) is 18.7. The van der Waals surface area contributed by atoms with Gasteiger partial charge in [-0.2, -0.15) is 11.8 Å². The Kier molecular flexibility index (Phi) is 6.49. The average Bonchev–Trinajstić information content (AvgIpc) is 2.87. The summed E-state index contributed by atoms with van der Waals surface area (Å²) in [4.78, 5) is 47.7. The molecule has 1 saturated carbocycles. The van der Waals surface area contributed by atoms with Crippen LogP contribution in [0.3, 0.4) is 0 Å². The second-order valence-corrected chi connectivity index (χ2v) is 10.1. The third kappa shape index (κ3) is 4.38. The van der Waals surface area contributed by atoms with E-state index < -0.39 is 11.4 Å². The summed E-state index contributed by atoms with van der Waals surface area (Å²) in [6, 6.07) is 5.94. The second-order valence-electron chi connectivity index (χ2n) is 8.89. The Bertz CT molecular complexity index is 1310. The van der Waals surface area contributed by atoms with E-state index in [-0.39, 0.29) is 40.8 Å². The second kappa shape index (κ2) is 9.69. The molecule has 0 atom stereocenters. The van der Waals surface area contributed by atoms with Gasteiger partial charge in [0, 0.05) is 24.3 Å². The van der Waals surface area contributed by atoms with Crippen LogP contribution in [0.4, 0.5) is 4.39 Å². The minimum Gasteiger partial charge on any atom is -0.348 e. The van der Waals surface area contributed by atoms with Crippen LogP contribution in [0.5, 0.6) is 0 Å². The summed E-state index contributed by atoms with van der Waals surface area (Å²) in [6.07, 6.45) is 6.66. The number of hydrogen-bond acceptors (Lipinski definition) is 6. The molecular weight excluding hydrogens is 457 g/mol. The van der Waals surface area contributed by atoms with Crippen molar-refractivity contribution in [3.05, 3.63) is 69.0 Å². The number of thioether (sulfide) groups is 1. The highest BCUT2D eigenvalue weighted by Crippen LogP contribution is 2.30. The number of aromatic nitrogens is 4. The van der Waals surface area contributed by atoms with Crippen molar-refractivity contribution in [3.8, 4) is 0 Å². The summed E-state index contributed by atoms with van der Waals surface area (Å²) >= 11 is 1.84. The van der Waals surface area contributed by atoms with Crippen molar-refractivity contribution < 1.29 is 9.18 Å². The van der Waals surface area contributed by atoms with Crippen LogP contribution in [0.1, 0.15) is 61.1 Å². The molecule has 0 bridgehead atoms. The van der Waals surface area contributed by atoms with Gasteiger partial charge in [0.25, 0.3) is 11.5 Å². The zero-order chi connectivity index (χ0) is 23.7. The van der Waals surface area contributed by atoms with Crippen molar-refractivity contribution in [2.45, 2.75) is 56.7 Å². The van der Waals surface area contributed by atoms with Gasteiger partial charge in [-0.1, -0.05) is 6.07 Å².